The van der Waals surface area contributed by atoms with Crippen molar-refractivity contribution in [1.29, 1.82) is 0 Å². The molecule has 0 saturated heterocycles. The van der Waals surface area contributed by atoms with Gasteiger partial charge in [0.05, 0.1) is 5.69 Å². The van der Waals surface area contributed by atoms with Gasteiger partial charge in [0, 0.05) is 18.9 Å². The average Bonchev–Trinajstić information content (AvgIpc) is 2.43. The van der Waals surface area contributed by atoms with Gasteiger partial charge in [-0.2, -0.15) is 0 Å². The molecule has 0 aliphatic heterocycles. The zero-order valence-corrected chi connectivity index (χ0v) is 5.79. The molecule has 0 saturated carbocycles. The zero-order valence-electron chi connectivity index (χ0n) is 5.79. The summed E-state index contributed by atoms with van der Waals surface area (Å²) in [4.78, 5) is 14.6. The number of aromatic amines is 1. The lowest BCUT2D eigenvalue weighted by Gasteiger charge is -2.09. The van der Waals surface area contributed by atoms with Gasteiger partial charge in [-0.25, -0.2) is 0 Å². The van der Waals surface area contributed by atoms with Crippen molar-refractivity contribution in [2.75, 3.05) is 11.4 Å². The minimum Gasteiger partial charge on any atom is -0.366 e. The number of hydrogen-bond donors (Lipinski definition) is 1. The van der Waals surface area contributed by atoms with E-state index >= 15 is 0 Å². The van der Waals surface area contributed by atoms with Gasteiger partial charge in [0.25, 0.3) is 0 Å². The predicted octanol–water partition coefficient (Wildman–Crippen LogP) is 0.908. The van der Waals surface area contributed by atoms with Crippen molar-refractivity contribution in [2.24, 2.45) is 0 Å². The summed E-state index contributed by atoms with van der Waals surface area (Å²) in [6, 6.07) is 1.83. The van der Waals surface area contributed by atoms with Crippen molar-refractivity contribution in [1.82, 2.24) is 4.98 Å². The second-order valence-electron chi connectivity index (χ2n) is 1.90. The molecule has 3 nitrogen and oxygen atoms in total. The molecule has 1 radical (unpaired) electrons. The molecule has 1 N–H and O–H groups in total. The standard InChI is InChI=1S/C7H9N2O/c1-2-9(6-10)7-3-4-8-5-7/h3-5,8H,2H2,1H3. The fourth-order valence-electron chi connectivity index (χ4n) is 0.783. The minimum absolute atomic E-state index is 0.654. The number of carbonyl (C=O) groups excluding carboxylic acids is 1. The van der Waals surface area contributed by atoms with Crippen LogP contribution in [0.15, 0.2) is 18.5 Å². The van der Waals surface area contributed by atoms with Gasteiger partial charge in [0.15, 0.2) is 0 Å². The summed E-state index contributed by atoms with van der Waals surface area (Å²) in [7, 11) is 0. The molecule has 0 atom stereocenters. The van der Waals surface area contributed by atoms with Gasteiger partial charge in [-0.05, 0) is 13.0 Å². The number of hydrogen-bond acceptors (Lipinski definition) is 1. The quantitative estimate of drug-likeness (QED) is 0.617. The van der Waals surface area contributed by atoms with E-state index in [2.05, 4.69) is 4.98 Å². The second-order valence-corrected chi connectivity index (χ2v) is 1.90. The molecule has 0 fully saturated rings. The Bertz CT molecular complexity index is 193. The van der Waals surface area contributed by atoms with Crippen LogP contribution in [0.2, 0.25) is 0 Å². The fraction of sp³-hybridized carbons (Fsp3) is 0.286. The van der Waals surface area contributed by atoms with Crippen LogP contribution in [0.5, 0.6) is 0 Å². The average molecular weight is 137 g/mol. The second kappa shape index (κ2) is 3.06. The van der Waals surface area contributed by atoms with Gasteiger partial charge in [-0.1, -0.05) is 0 Å². The zero-order chi connectivity index (χ0) is 7.40. The molecule has 10 heavy (non-hydrogen) atoms. The van der Waals surface area contributed by atoms with Gasteiger partial charge in [0.1, 0.15) is 0 Å². The third-order valence-corrected chi connectivity index (χ3v) is 1.32. The van der Waals surface area contributed by atoms with E-state index in [1.54, 1.807) is 12.4 Å². The van der Waals surface area contributed by atoms with Crippen LogP contribution in [0.25, 0.3) is 0 Å². The Labute approximate surface area is 59.7 Å². The summed E-state index contributed by atoms with van der Waals surface area (Å²) in [6.45, 7) is 2.55. The summed E-state index contributed by atoms with van der Waals surface area (Å²) in [5, 5.41) is 0. The third kappa shape index (κ3) is 1.18. The SMILES string of the molecule is CCN([C]=O)c1cc[nH]c1. The fourth-order valence-corrected chi connectivity index (χ4v) is 0.783. The first-order valence-corrected chi connectivity index (χ1v) is 3.16. The van der Waals surface area contributed by atoms with Crippen LogP contribution in [0.4, 0.5) is 5.69 Å². The first-order valence-electron chi connectivity index (χ1n) is 3.16. The van der Waals surface area contributed by atoms with Crippen LogP contribution in [-0.2, 0) is 4.79 Å². The minimum atomic E-state index is 0.654. The molecule has 1 aromatic rings. The molecule has 0 aliphatic rings. The van der Waals surface area contributed by atoms with Gasteiger partial charge in [0.2, 0.25) is 0 Å². The highest BCUT2D eigenvalue weighted by atomic mass is 16.1. The maximum atomic E-state index is 10.2. The van der Waals surface area contributed by atoms with Crippen molar-refractivity contribution < 1.29 is 4.79 Å². The number of rotatable bonds is 3. The molecule has 0 unspecified atom stereocenters. The molecule has 0 aliphatic carbocycles. The van der Waals surface area contributed by atoms with E-state index in [1.165, 1.54) is 4.90 Å². The molecular weight excluding hydrogens is 128 g/mol. The number of aromatic nitrogens is 1. The van der Waals surface area contributed by atoms with Crippen molar-refractivity contribution in [3.05, 3.63) is 18.5 Å². The molecule has 1 aromatic heterocycles. The van der Waals surface area contributed by atoms with E-state index in [-0.39, 0.29) is 0 Å². The smallest absolute Gasteiger partial charge is 0.316 e. The third-order valence-electron chi connectivity index (χ3n) is 1.32. The Balaban J connectivity index is 2.73. The van der Waals surface area contributed by atoms with Crippen molar-refractivity contribution in [3.63, 3.8) is 0 Å². The first-order chi connectivity index (χ1) is 4.88. The summed E-state index contributed by atoms with van der Waals surface area (Å²) in [5.74, 6) is 0. The van der Waals surface area contributed by atoms with Gasteiger partial charge < -0.3 is 9.88 Å². The molecule has 0 bridgehead atoms. The number of amides is 1. The predicted molar refractivity (Wildman–Crippen MR) is 39.5 cm³/mol. The van der Waals surface area contributed by atoms with Crippen LogP contribution < -0.4 is 4.90 Å². The molecule has 53 valence electrons. The van der Waals surface area contributed by atoms with E-state index in [0.717, 1.165) is 5.69 Å². The van der Waals surface area contributed by atoms with E-state index in [1.807, 2.05) is 19.4 Å². The largest absolute Gasteiger partial charge is 0.366 e. The van der Waals surface area contributed by atoms with Gasteiger partial charge >= 0.3 is 6.41 Å². The Morgan fingerprint density at radius 3 is 3.00 bits per heavy atom. The Hall–Kier alpha value is -1.25. The monoisotopic (exact) mass is 137 g/mol. The molecule has 1 amide bonds. The summed E-state index contributed by atoms with van der Waals surface area (Å²) >= 11 is 0. The number of nitrogens with zero attached hydrogens (tertiary/aromatic N) is 1. The van der Waals surface area contributed by atoms with E-state index in [9.17, 15) is 4.79 Å². The molecule has 0 spiro atoms. The van der Waals surface area contributed by atoms with Crippen molar-refractivity contribution in [3.8, 4) is 0 Å². The lowest BCUT2D eigenvalue weighted by molar-refractivity contribution is 0.552. The Morgan fingerprint density at radius 1 is 1.80 bits per heavy atom. The van der Waals surface area contributed by atoms with E-state index in [0.29, 0.717) is 6.54 Å². The number of nitrogens with one attached hydrogen (secondary N) is 1. The van der Waals surface area contributed by atoms with Crippen LogP contribution >= 0.6 is 0 Å². The number of anilines is 1. The molecular formula is C7H9N2O. The highest BCUT2D eigenvalue weighted by Crippen LogP contribution is 2.08. The highest BCUT2D eigenvalue weighted by Gasteiger charge is 2.01. The maximum absolute atomic E-state index is 10.2. The molecule has 1 heterocycles. The van der Waals surface area contributed by atoms with Gasteiger partial charge in [-0.3, -0.25) is 4.79 Å². The molecule has 3 heteroatoms. The topological polar surface area (TPSA) is 36.1 Å². The van der Waals surface area contributed by atoms with Crippen molar-refractivity contribution >= 4 is 12.1 Å². The van der Waals surface area contributed by atoms with Crippen molar-refractivity contribution in [2.45, 2.75) is 6.92 Å². The number of H-pyrrole nitrogens is 1. The van der Waals surface area contributed by atoms with E-state index in [4.69, 9.17) is 0 Å². The van der Waals surface area contributed by atoms with E-state index < -0.39 is 0 Å². The van der Waals surface area contributed by atoms with Crippen LogP contribution in [-0.4, -0.2) is 17.9 Å². The summed E-state index contributed by atoms with van der Waals surface area (Å²) in [5.41, 5.74) is 0.859. The van der Waals surface area contributed by atoms with Crippen LogP contribution in [0.3, 0.4) is 0 Å². The van der Waals surface area contributed by atoms with Crippen LogP contribution in [0, 0.1) is 0 Å². The normalized spacial score (nSPS) is 9.30. The Kier molecular flexibility index (Phi) is 2.10. The molecule has 1 rings (SSSR count). The lowest BCUT2D eigenvalue weighted by atomic mass is 10.4. The lowest BCUT2D eigenvalue weighted by Crippen LogP contribution is -2.18. The van der Waals surface area contributed by atoms with Crippen LogP contribution in [0.1, 0.15) is 6.92 Å². The Morgan fingerprint density at radius 2 is 2.60 bits per heavy atom. The highest BCUT2D eigenvalue weighted by molar-refractivity contribution is 5.74. The van der Waals surface area contributed by atoms with Gasteiger partial charge in [-0.15, -0.1) is 0 Å². The summed E-state index contributed by atoms with van der Waals surface area (Å²) in [6.07, 6.45) is 5.35. The molecule has 0 aromatic carbocycles. The summed E-state index contributed by atoms with van der Waals surface area (Å²) < 4.78 is 0. The maximum Gasteiger partial charge on any atom is 0.316 e. The first kappa shape index (κ1) is 6.86.